The topological polar surface area (TPSA) is 49.1 Å². The Morgan fingerprint density at radius 1 is 1.10 bits per heavy atom. The summed E-state index contributed by atoms with van der Waals surface area (Å²) >= 11 is 0. The largest absolute Gasteiger partial charge is 1.00 e. The summed E-state index contributed by atoms with van der Waals surface area (Å²) in [6.07, 6.45) is 10.2. The number of likely N-dealkylation sites (tertiary alicyclic amines) is 1. The molecule has 7 heteroatoms. The maximum atomic E-state index is 14.3. The molecule has 2 aliphatic carbocycles. The molecule has 2 N–H and O–H groups in total. The molecule has 2 aliphatic heterocycles. The number of hydrogen-bond donors (Lipinski definition) is 2. The minimum Gasteiger partial charge on any atom is -1.00 e. The predicted octanol–water partition coefficient (Wildman–Crippen LogP) is 2.61. The van der Waals surface area contributed by atoms with Crippen LogP contribution in [-0.2, 0) is 6.54 Å². The van der Waals surface area contributed by atoms with E-state index >= 15 is 0 Å². The molecule has 0 radical (unpaired) electrons. The quantitative estimate of drug-likeness (QED) is 0.569. The fourth-order valence-electron chi connectivity index (χ4n) is 7.26. The number of amides is 2. The van der Waals surface area contributed by atoms with E-state index in [2.05, 4.69) is 43.4 Å². The number of carbonyl (C=O) groups is 1. The summed E-state index contributed by atoms with van der Waals surface area (Å²) < 4.78 is 14.3. The molecule has 1 spiro atoms. The Balaban J connectivity index is 0.00000308. The lowest BCUT2D eigenvalue weighted by atomic mass is 9.81. The number of nitrogens with one attached hydrogen (secondary N) is 2. The lowest BCUT2D eigenvalue weighted by Gasteiger charge is -2.45. The van der Waals surface area contributed by atoms with Gasteiger partial charge in [0.25, 0.3) is 0 Å². The Labute approximate surface area is 238 Å². The van der Waals surface area contributed by atoms with Crippen LogP contribution in [0.15, 0.2) is 53.5 Å². The first-order valence-corrected chi connectivity index (χ1v) is 14.8. The lowest BCUT2D eigenvalue weighted by molar-refractivity contribution is -0.942. The van der Waals surface area contributed by atoms with Crippen molar-refractivity contribution in [3.05, 3.63) is 65.5 Å². The normalized spacial score (nSPS) is 29.4. The number of hydrogen-bond acceptors (Lipinski definition) is 2. The van der Waals surface area contributed by atoms with Crippen LogP contribution in [0.5, 0.6) is 0 Å². The Morgan fingerprint density at radius 2 is 1.87 bits per heavy atom. The number of benzene rings is 2. The molecule has 1 unspecified atom stereocenters. The summed E-state index contributed by atoms with van der Waals surface area (Å²) in [5, 5.41) is 3.16. The van der Waals surface area contributed by atoms with Crippen LogP contribution < -0.4 is 27.5 Å². The number of nitrogens with zero attached hydrogens (tertiary/aromatic N) is 2. The average molecular weight is 553 g/mol. The van der Waals surface area contributed by atoms with E-state index in [0.29, 0.717) is 17.6 Å². The number of halogens is 2. The first kappa shape index (κ1) is 28.1. The molecule has 2 saturated carbocycles. The molecule has 2 saturated heterocycles. The van der Waals surface area contributed by atoms with Crippen molar-refractivity contribution in [1.29, 1.82) is 0 Å². The van der Waals surface area contributed by atoms with Crippen LogP contribution in [0, 0.1) is 11.7 Å². The number of rotatable bonds is 6. The maximum Gasteiger partial charge on any atom is 0.328 e. The first-order valence-electron chi connectivity index (χ1n) is 14.8. The summed E-state index contributed by atoms with van der Waals surface area (Å²) in [4.78, 5) is 22.0. The second kappa shape index (κ2) is 11.6. The molecular formula is C32H42ClFN4O. The highest BCUT2D eigenvalue weighted by Gasteiger charge is 2.56. The molecule has 2 heterocycles. The Morgan fingerprint density at radius 3 is 2.59 bits per heavy atom. The molecule has 0 bridgehead atoms. The SMILES string of the molecule is C[C@@H](c1cccc(C[NH+]2CC[C@@]3(C[C@@H]2C)C(=NC2CCCCC2)NC(=O)N3c2cccc(F)c2)c1)C1CC1.[Cl-]. The number of urea groups is 1. The van der Waals surface area contributed by atoms with E-state index in [-0.39, 0.29) is 30.3 Å². The number of amidine groups is 1. The average Bonchev–Trinajstić information content (AvgIpc) is 3.73. The number of quaternary nitrogens is 1. The van der Waals surface area contributed by atoms with Gasteiger partial charge in [0.15, 0.2) is 0 Å². The van der Waals surface area contributed by atoms with Crippen molar-refractivity contribution >= 4 is 17.6 Å². The van der Waals surface area contributed by atoms with Crippen LogP contribution in [-0.4, -0.2) is 36.0 Å². The molecule has 4 atom stereocenters. The summed E-state index contributed by atoms with van der Waals surface area (Å²) in [6.45, 7) is 6.60. The first-order chi connectivity index (χ1) is 18.4. The Hall–Kier alpha value is -2.44. The summed E-state index contributed by atoms with van der Waals surface area (Å²) in [5.74, 6) is 1.99. The number of carbonyl (C=O) groups excluding carboxylic acids is 1. The second-order valence-electron chi connectivity index (χ2n) is 12.4. The zero-order valence-electron chi connectivity index (χ0n) is 23.3. The van der Waals surface area contributed by atoms with Gasteiger partial charge in [0.05, 0.1) is 18.6 Å². The Kier molecular flexibility index (Phi) is 8.34. The van der Waals surface area contributed by atoms with Gasteiger partial charge in [0.2, 0.25) is 0 Å². The third-order valence-electron chi connectivity index (χ3n) is 9.69. The zero-order chi connectivity index (χ0) is 26.3. The fourth-order valence-corrected chi connectivity index (χ4v) is 7.26. The van der Waals surface area contributed by atoms with E-state index in [0.717, 1.165) is 50.5 Å². The smallest absolute Gasteiger partial charge is 0.328 e. The lowest BCUT2D eigenvalue weighted by Crippen LogP contribution is -3.16. The van der Waals surface area contributed by atoms with E-state index in [1.807, 2.05) is 11.0 Å². The third kappa shape index (κ3) is 5.74. The van der Waals surface area contributed by atoms with E-state index in [4.69, 9.17) is 4.99 Å². The molecule has 2 amide bonds. The van der Waals surface area contributed by atoms with Gasteiger partial charge in [-0.3, -0.25) is 15.2 Å². The summed E-state index contributed by atoms with van der Waals surface area (Å²) in [6, 6.07) is 16.1. The monoisotopic (exact) mass is 552 g/mol. The maximum absolute atomic E-state index is 14.3. The van der Waals surface area contributed by atoms with Crippen LogP contribution >= 0.6 is 0 Å². The van der Waals surface area contributed by atoms with E-state index in [1.54, 1.807) is 11.0 Å². The van der Waals surface area contributed by atoms with Crippen LogP contribution in [0.25, 0.3) is 0 Å². The van der Waals surface area contributed by atoms with Gasteiger partial charge >= 0.3 is 6.03 Å². The molecule has 210 valence electrons. The summed E-state index contributed by atoms with van der Waals surface area (Å²) in [5.41, 5.74) is 2.93. The molecule has 4 fully saturated rings. The zero-order valence-corrected chi connectivity index (χ0v) is 24.0. The van der Waals surface area contributed by atoms with Gasteiger partial charge < -0.3 is 17.3 Å². The Bertz CT molecular complexity index is 1210. The van der Waals surface area contributed by atoms with E-state index in [9.17, 15) is 9.18 Å². The number of piperidine rings is 1. The molecule has 0 aromatic heterocycles. The van der Waals surface area contributed by atoms with Crippen molar-refractivity contribution in [3.8, 4) is 0 Å². The van der Waals surface area contributed by atoms with Gasteiger partial charge in [-0.15, -0.1) is 0 Å². The van der Waals surface area contributed by atoms with Gasteiger partial charge in [-0.2, -0.15) is 0 Å². The fraction of sp³-hybridized carbons (Fsp3) is 0.562. The van der Waals surface area contributed by atoms with E-state index in [1.165, 1.54) is 55.4 Å². The van der Waals surface area contributed by atoms with Crippen molar-refractivity contribution in [1.82, 2.24) is 5.32 Å². The highest BCUT2D eigenvalue weighted by atomic mass is 35.5. The van der Waals surface area contributed by atoms with Gasteiger partial charge in [-0.1, -0.05) is 50.5 Å². The molecule has 4 aliphatic rings. The molecule has 6 rings (SSSR count). The van der Waals surface area contributed by atoms with Crippen LogP contribution in [0.3, 0.4) is 0 Å². The van der Waals surface area contributed by atoms with Gasteiger partial charge in [0.1, 0.15) is 23.7 Å². The standard InChI is InChI=1S/C32H41FN4O.ClH/c1-22-20-32(16-17-36(22)21-24-8-6-9-26(18-24)23(2)25-14-15-25)30(34-28-11-4-3-5-12-28)35-31(38)37(32)29-13-7-10-27(33)19-29;/h6-10,13,18-19,22-23,25,28H,3-5,11-12,14-17,20-21H2,1-2H3,(H,34,35,38);1H/t22-,23+,32+;/m0./s1. The third-order valence-corrected chi connectivity index (χ3v) is 9.69. The van der Waals surface area contributed by atoms with Crippen molar-refractivity contribution < 1.29 is 26.5 Å². The molecular weight excluding hydrogens is 511 g/mol. The number of anilines is 1. The highest BCUT2D eigenvalue weighted by Crippen LogP contribution is 2.42. The van der Waals surface area contributed by atoms with Crippen molar-refractivity contribution in [3.63, 3.8) is 0 Å². The van der Waals surface area contributed by atoms with Crippen molar-refractivity contribution in [2.75, 3.05) is 11.4 Å². The van der Waals surface area contributed by atoms with Crippen LogP contribution in [0.2, 0.25) is 0 Å². The molecule has 5 nitrogen and oxygen atoms in total. The van der Waals surface area contributed by atoms with Gasteiger partial charge in [0, 0.05) is 24.1 Å². The van der Waals surface area contributed by atoms with Gasteiger partial charge in [-0.05, 0) is 74.3 Å². The molecule has 2 aromatic rings. The minimum atomic E-state index is -0.548. The highest BCUT2D eigenvalue weighted by molar-refractivity contribution is 6.19. The molecule has 39 heavy (non-hydrogen) atoms. The second-order valence-corrected chi connectivity index (χ2v) is 12.4. The van der Waals surface area contributed by atoms with Crippen molar-refractivity contribution in [2.24, 2.45) is 10.9 Å². The van der Waals surface area contributed by atoms with Gasteiger partial charge in [-0.25, -0.2) is 9.18 Å². The van der Waals surface area contributed by atoms with Crippen LogP contribution in [0.1, 0.15) is 88.7 Å². The summed E-state index contributed by atoms with van der Waals surface area (Å²) in [7, 11) is 0. The number of aliphatic imine (C=N–C) groups is 1. The predicted molar refractivity (Wildman–Crippen MR) is 150 cm³/mol. The van der Waals surface area contributed by atoms with Crippen LogP contribution in [0.4, 0.5) is 14.9 Å². The van der Waals surface area contributed by atoms with E-state index < -0.39 is 5.54 Å². The minimum absolute atomic E-state index is 0. The van der Waals surface area contributed by atoms with Crippen molar-refractivity contribution in [2.45, 2.75) is 102 Å². The molecule has 2 aromatic carbocycles.